The lowest BCUT2D eigenvalue weighted by molar-refractivity contribution is -0.121. The third kappa shape index (κ3) is 5.08. The van der Waals surface area contributed by atoms with Crippen molar-refractivity contribution in [3.8, 4) is 22.6 Å². The monoisotopic (exact) mass is 494 g/mol. The van der Waals surface area contributed by atoms with E-state index in [4.69, 9.17) is 4.74 Å². The molecular weight excluding hydrogens is 472 g/mol. The van der Waals surface area contributed by atoms with E-state index in [1.807, 2.05) is 91.9 Å². The van der Waals surface area contributed by atoms with Gasteiger partial charge in [0.25, 0.3) is 11.5 Å². The number of aromatic nitrogens is 2. The van der Waals surface area contributed by atoms with Crippen LogP contribution in [0.1, 0.15) is 10.4 Å². The van der Waals surface area contributed by atoms with E-state index in [9.17, 15) is 9.59 Å². The van der Waals surface area contributed by atoms with Crippen LogP contribution in [0.2, 0.25) is 0 Å². The first-order valence-electron chi connectivity index (χ1n) is 11.3. The molecular formula is C28H22N4O3S. The fraction of sp³-hybridized carbons (Fsp3) is 0.0714. The van der Waals surface area contributed by atoms with Crippen LogP contribution in [0.3, 0.4) is 0 Å². The molecule has 5 aromatic rings. The summed E-state index contributed by atoms with van der Waals surface area (Å²) in [6.45, 7) is 1.78. The Labute approximate surface area is 211 Å². The molecule has 0 aliphatic heterocycles. The van der Waals surface area contributed by atoms with Gasteiger partial charge in [0.05, 0.1) is 17.9 Å². The van der Waals surface area contributed by atoms with Crippen LogP contribution in [0.15, 0.2) is 101 Å². The molecule has 7 nitrogen and oxygen atoms in total. The molecule has 0 saturated carbocycles. The first-order chi connectivity index (χ1) is 17.6. The average molecular weight is 495 g/mol. The van der Waals surface area contributed by atoms with Crippen molar-refractivity contribution in [3.63, 3.8) is 0 Å². The number of hydrogen-bond acceptors (Lipinski definition) is 6. The molecule has 178 valence electrons. The minimum atomic E-state index is -0.431. The van der Waals surface area contributed by atoms with Crippen LogP contribution in [0.25, 0.3) is 21.3 Å². The lowest BCUT2D eigenvalue weighted by Gasteiger charge is -2.06. The van der Waals surface area contributed by atoms with Gasteiger partial charge in [0.2, 0.25) is 0 Å². The number of benzene rings is 3. The van der Waals surface area contributed by atoms with Crippen LogP contribution >= 0.6 is 11.3 Å². The number of carbonyl (C=O) groups excluding carboxylic acids is 1. The van der Waals surface area contributed by atoms with Gasteiger partial charge in [-0.2, -0.15) is 5.10 Å². The summed E-state index contributed by atoms with van der Waals surface area (Å²) in [5, 5.41) is 4.56. The molecule has 2 aromatic heterocycles. The van der Waals surface area contributed by atoms with Crippen LogP contribution in [0.4, 0.5) is 0 Å². The first kappa shape index (κ1) is 23.2. The molecule has 2 heterocycles. The standard InChI is InChI=1S/C28H22N4O3S/c1-19-25(21-10-4-2-5-11-21)26-27(36-19)29-18-32(28(26)34)17-24(33)31-30-16-20-9-8-14-23(15-20)35-22-12-6-3-7-13-22/h2-16,18H,17H2,1H3,(H,31,33). The third-order valence-corrected chi connectivity index (χ3v) is 6.48. The number of carbonyl (C=O) groups is 1. The number of thiophene rings is 1. The van der Waals surface area contributed by atoms with E-state index >= 15 is 0 Å². The fourth-order valence-electron chi connectivity index (χ4n) is 3.85. The number of hydrazone groups is 1. The Morgan fingerprint density at radius 2 is 1.75 bits per heavy atom. The minimum Gasteiger partial charge on any atom is -0.457 e. The summed E-state index contributed by atoms with van der Waals surface area (Å²) in [6, 6.07) is 26.5. The van der Waals surface area contributed by atoms with Crippen LogP contribution < -0.4 is 15.7 Å². The van der Waals surface area contributed by atoms with Gasteiger partial charge in [0.15, 0.2) is 0 Å². The Hall–Kier alpha value is -4.56. The second-order valence-corrected chi connectivity index (χ2v) is 9.24. The Morgan fingerprint density at radius 1 is 1.03 bits per heavy atom. The molecule has 0 bridgehead atoms. The highest BCUT2D eigenvalue weighted by atomic mass is 32.1. The van der Waals surface area contributed by atoms with Gasteiger partial charge in [0.1, 0.15) is 22.9 Å². The molecule has 5 rings (SSSR count). The molecule has 36 heavy (non-hydrogen) atoms. The fourth-order valence-corrected chi connectivity index (χ4v) is 4.86. The van der Waals surface area contributed by atoms with Crippen LogP contribution in [-0.2, 0) is 11.3 Å². The van der Waals surface area contributed by atoms with E-state index in [2.05, 4.69) is 15.5 Å². The molecule has 1 amide bonds. The van der Waals surface area contributed by atoms with Gasteiger partial charge < -0.3 is 4.74 Å². The van der Waals surface area contributed by atoms with E-state index in [0.717, 1.165) is 27.3 Å². The molecule has 3 aromatic carbocycles. The number of fused-ring (bicyclic) bond motifs is 1. The maximum absolute atomic E-state index is 13.3. The van der Waals surface area contributed by atoms with Crippen molar-refractivity contribution in [2.24, 2.45) is 5.10 Å². The maximum atomic E-state index is 13.3. The molecule has 0 aliphatic carbocycles. The smallest absolute Gasteiger partial charge is 0.263 e. The summed E-state index contributed by atoms with van der Waals surface area (Å²) in [5.41, 5.74) is 4.79. The van der Waals surface area contributed by atoms with Crippen molar-refractivity contribution in [1.29, 1.82) is 0 Å². The van der Waals surface area contributed by atoms with E-state index in [-0.39, 0.29) is 12.1 Å². The topological polar surface area (TPSA) is 85.6 Å². The number of amides is 1. The average Bonchev–Trinajstić information content (AvgIpc) is 3.24. The van der Waals surface area contributed by atoms with Gasteiger partial charge in [-0.25, -0.2) is 10.4 Å². The van der Waals surface area contributed by atoms with Crippen molar-refractivity contribution < 1.29 is 9.53 Å². The molecule has 0 radical (unpaired) electrons. The normalized spacial score (nSPS) is 11.1. The number of para-hydroxylation sites is 1. The molecule has 0 fully saturated rings. The summed E-state index contributed by atoms with van der Waals surface area (Å²) in [7, 11) is 0. The van der Waals surface area contributed by atoms with Crippen LogP contribution in [0.5, 0.6) is 11.5 Å². The van der Waals surface area contributed by atoms with E-state index in [1.54, 1.807) is 0 Å². The quantitative estimate of drug-likeness (QED) is 0.243. The molecule has 0 unspecified atom stereocenters. The van der Waals surface area contributed by atoms with Gasteiger partial charge in [-0.1, -0.05) is 60.7 Å². The van der Waals surface area contributed by atoms with Crippen molar-refractivity contribution >= 4 is 33.7 Å². The molecule has 0 spiro atoms. The summed E-state index contributed by atoms with van der Waals surface area (Å²) in [5.74, 6) is 0.953. The lowest BCUT2D eigenvalue weighted by Crippen LogP contribution is -2.30. The summed E-state index contributed by atoms with van der Waals surface area (Å²) >= 11 is 1.47. The van der Waals surface area contributed by atoms with Crippen LogP contribution in [-0.4, -0.2) is 21.7 Å². The van der Waals surface area contributed by atoms with Crippen LogP contribution in [0, 0.1) is 6.92 Å². The van der Waals surface area contributed by atoms with E-state index < -0.39 is 5.91 Å². The predicted octanol–water partition coefficient (Wildman–Crippen LogP) is 5.38. The number of hydrogen-bond donors (Lipinski definition) is 1. The SMILES string of the molecule is Cc1sc2ncn(CC(=O)NN=Cc3cccc(Oc4ccccc4)c3)c(=O)c2c1-c1ccccc1. The van der Waals surface area contributed by atoms with E-state index in [1.165, 1.54) is 28.4 Å². The number of nitrogens with zero attached hydrogens (tertiary/aromatic N) is 3. The highest BCUT2D eigenvalue weighted by Crippen LogP contribution is 2.35. The van der Waals surface area contributed by atoms with Gasteiger partial charge >= 0.3 is 0 Å². The second kappa shape index (κ2) is 10.4. The largest absolute Gasteiger partial charge is 0.457 e. The van der Waals surface area contributed by atoms with Crippen molar-refractivity contribution in [2.45, 2.75) is 13.5 Å². The Kier molecular flexibility index (Phi) is 6.68. The van der Waals surface area contributed by atoms with Gasteiger partial charge in [-0.3, -0.25) is 14.2 Å². The van der Waals surface area contributed by atoms with Gasteiger partial charge in [-0.05, 0) is 42.3 Å². The highest BCUT2D eigenvalue weighted by Gasteiger charge is 2.17. The second-order valence-electron chi connectivity index (χ2n) is 8.04. The zero-order valence-corrected chi connectivity index (χ0v) is 20.2. The molecule has 0 saturated heterocycles. The Bertz CT molecular complexity index is 1610. The van der Waals surface area contributed by atoms with Crippen molar-refractivity contribution in [3.05, 3.63) is 112 Å². The van der Waals surface area contributed by atoms with Gasteiger partial charge in [-0.15, -0.1) is 11.3 Å². The predicted molar refractivity (Wildman–Crippen MR) is 143 cm³/mol. The summed E-state index contributed by atoms with van der Waals surface area (Å²) < 4.78 is 7.13. The van der Waals surface area contributed by atoms with Crippen molar-refractivity contribution in [2.75, 3.05) is 0 Å². The molecule has 0 aliphatic rings. The zero-order chi connectivity index (χ0) is 24.9. The summed E-state index contributed by atoms with van der Waals surface area (Å²) in [4.78, 5) is 31.9. The number of ether oxygens (including phenoxy) is 1. The number of nitrogens with one attached hydrogen (secondary N) is 1. The first-order valence-corrected chi connectivity index (χ1v) is 12.1. The highest BCUT2D eigenvalue weighted by molar-refractivity contribution is 7.19. The van der Waals surface area contributed by atoms with E-state index in [0.29, 0.717) is 16.0 Å². The minimum absolute atomic E-state index is 0.195. The summed E-state index contributed by atoms with van der Waals surface area (Å²) in [6.07, 6.45) is 2.93. The number of aryl methyl sites for hydroxylation is 1. The molecule has 1 N–H and O–H groups in total. The lowest BCUT2D eigenvalue weighted by atomic mass is 10.0. The Morgan fingerprint density at radius 3 is 2.53 bits per heavy atom. The molecule has 0 atom stereocenters. The zero-order valence-electron chi connectivity index (χ0n) is 19.4. The Balaban J connectivity index is 1.29. The van der Waals surface area contributed by atoms with Crippen molar-refractivity contribution in [1.82, 2.24) is 15.0 Å². The number of rotatable bonds is 7. The van der Waals surface area contributed by atoms with Gasteiger partial charge in [0, 0.05) is 10.4 Å². The third-order valence-electron chi connectivity index (χ3n) is 5.47. The maximum Gasteiger partial charge on any atom is 0.263 e. The molecule has 8 heteroatoms.